The number of rotatable bonds is 6. The highest BCUT2D eigenvalue weighted by atomic mass is 32.1. The molecule has 1 unspecified atom stereocenters. The molecule has 13 heteroatoms. The molecule has 3 aromatic heterocycles. The number of amides is 2. The summed E-state index contributed by atoms with van der Waals surface area (Å²) in [6.07, 6.45) is 1.82. The van der Waals surface area contributed by atoms with Gasteiger partial charge in [-0.25, -0.2) is 16.5 Å². The average molecular weight is 461 g/mol. The third-order valence-corrected chi connectivity index (χ3v) is 5.06. The van der Waals surface area contributed by atoms with Crippen LogP contribution >= 0.6 is 11.3 Å². The van der Waals surface area contributed by atoms with E-state index in [-0.39, 0.29) is 17.5 Å². The molecule has 164 valence electrons. The molecule has 0 aliphatic rings. The predicted octanol–water partition coefficient (Wildman–Crippen LogP) is 3.61. The van der Waals surface area contributed by atoms with Crippen molar-refractivity contribution < 1.29 is 22.8 Å². The molecule has 2 amide bonds. The Hall–Kier alpha value is -3.92. The summed E-state index contributed by atoms with van der Waals surface area (Å²) in [7, 11) is 0. The van der Waals surface area contributed by atoms with Crippen molar-refractivity contribution >= 4 is 34.1 Å². The number of hydrogen-bond acceptors (Lipinski definition) is 7. The summed E-state index contributed by atoms with van der Waals surface area (Å²) in [6, 6.07) is 1.65. The van der Waals surface area contributed by atoms with Gasteiger partial charge < -0.3 is 15.5 Å². The van der Waals surface area contributed by atoms with Crippen LogP contribution in [-0.4, -0.2) is 38.3 Å². The maximum atomic E-state index is 12.7. The van der Waals surface area contributed by atoms with Gasteiger partial charge in [-0.05, 0) is 18.6 Å². The maximum Gasteiger partial charge on any atom is 0.427 e. The van der Waals surface area contributed by atoms with Gasteiger partial charge in [0.25, 0.3) is 6.54 Å². The second-order valence-corrected chi connectivity index (χ2v) is 7.43. The van der Waals surface area contributed by atoms with Gasteiger partial charge in [0, 0.05) is 18.0 Å². The molecule has 0 aliphatic heterocycles. The summed E-state index contributed by atoms with van der Waals surface area (Å²) in [6.45, 7) is 7.92. The van der Waals surface area contributed by atoms with Gasteiger partial charge in [-0.1, -0.05) is 11.3 Å². The number of hydrogen-bond donors (Lipinski definition) is 2. The summed E-state index contributed by atoms with van der Waals surface area (Å²) < 4.78 is 38.1. The molecule has 0 saturated heterocycles. The lowest BCUT2D eigenvalue weighted by Crippen LogP contribution is -2.19. The van der Waals surface area contributed by atoms with Gasteiger partial charge >= 0.3 is 12.1 Å². The Morgan fingerprint density at radius 1 is 1.12 bits per heavy atom. The van der Waals surface area contributed by atoms with Gasteiger partial charge in [0.1, 0.15) is 4.88 Å². The number of carbonyl (C=O) groups excluding carboxylic acids is 2. The van der Waals surface area contributed by atoms with Crippen molar-refractivity contribution in [2.24, 2.45) is 0 Å². The van der Waals surface area contributed by atoms with E-state index in [1.54, 1.807) is 13.0 Å². The zero-order valence-electron chi connectivity index (χ0n) is 16.3. The minimum absolute atomic E-state index is 0.153. The summed E-state index contributed by atoms with van der Waals surface area (Å²) in [5, 5.41) is 4.66. The van der Waals surface area contributed by atoms with Crippen LogP contribution in [0.25, 0.3) is 16.1 Å². The SMILES string of the molecule is [C-]#[N+]CC(=O)Nc1cnc(-c2cncc(C(C)C(=O)Nc3ncc(C(F)(F)F)s3)c2)cn1. The summed E-state index contributed by atoms with van der Waals surface area (Å²) in [4.78, 5) is 41.9. The van der Waals surface area contributed by atoms with Crippen LogP contribution in [0, 0.1) is 6.57 Å². The third-order valence-electron chi connectivity index (χ3n) is 4.11. The van der Waals surface area contributed by atoms with E-state index in [1.807, 2.05) is 0 Å². The van der Waals surface area contributed by atoms with Gasteiger partial charge in [0.2, 0.25) is 5.91 Å². The van der Waals surface area contributed by atoms with E-state index in [0.717, 1.165) is 0 Å². The van der Waals surface area contributed by atoms with E-state index < -0.39 is 28.8 Å². The standard InChI is InChI=1S/C19H14F3N7O2S/c1-10(17(31)29-18-27-7-14(32-18)19(20,21)22)11-3-12(5-24-4-11)13-6-26-15(8-25-13)28-16(30)9-23-2/h3-8,10H,9H2,1H3,(H,26,28,30)(H,27,29,31). The van der Waals surface area contributed by atoms with Gasteiger partial charge in [-0.3, -0.25) is 19.6 Å². The van der Waals surface area contributed by atoms with Gasteiger partial charge in [-0.2, -0.15) is 13.2 Å². The molecule has 0 aliphatic carbocycles. The molecule has 3 heterocycles. The molecule has 3 aromatic rings. The van der Waals surface area contributed by atoms with Gasteiger partial charge in [0.15, 0.2) is 10.9 Å². The Morgan fingerprint density at radius 2 is 1.91 bits per heavy atom. The minimum atomic E-state index is -4.53. The topological polar surface area (TPSA) is 114 Å². The van der Waals surface area contributed by atoms with Crippen LogP contribution in [0.1, 0.15) is 23.3 Å². The van der Waals surface area contributed by atoms with Crippen LogP contribution in [-0.2, 0) is 15.8 Å². The smallest absolute Gasteiger partial charge is 0.306 e. The van der Waals surface area contributed by atoms with Crippen molar-refractivity contribution in [3.05, 3.63) is 58.9 Å². The fraction of sp³-hybridized carbons (Fsp3) is 0.211. The number of nitrogens with one attached hydrogen (secondary N) is 2. The predicted molar refractivity (Wildman–Crippen MR) is 110 cm³/mol. The quantitative estimate of drug-likeness (QED) is 0.542. The molecule has 0 radical (unpaired) electrons. The van der Waals surface area contributed by atoms with Crippen molar-refractivity contribution in [2.45, 2.75) is 19.0 Å². The summed E-state index contributed by atoms with van der Waals surface area (Å²) >= 11 is 0.341. The van der Waals surface area contributed by atoms with E-state index in [4.69, 9.17) is 6.57 Å². The normalized spacial score (nSPS) is 12.0. The highest BCUT2D eigenvalue weighted by Gasteiger charge is 2.33. The first-order valence-corrected chi connectivity index (χ1v) is 9.73. The monoisotopic (exact) mass is 461 g/mol. The fourth-order valence-corrected chi connectivity index (χ4v) is 3.14. The number of halogens is 3. The molecule has 0 spiro atoms. The molecular formula is C19H14F3N7O2S. The zero-order valence-corrected chi connectivity index (χ0v) is 17.2. The van der Waals surface area contributed by atoms with Crippen molar-refractivity contribution in [2.75, 3.05) is 17.2 Å². The molecule has 3 rings (SSSR count). The first-order chi connectivity index (χ1) is 15.2. The van der Waals surface area contributed by atoms with Crippen LogP contribution in [0.2, 0.25) is 0 Å². The number of aromatic nitrogens is 4. The minimum Gasteiger partial charge on any atom is -0.306 e. The van der Waals surface area contributed by atoms with Crippen LogP contribution in [0.4, 0.5) is 24.1 Å². The molecular weight excluding hydrogens is 447 g/mol. The van der Waals surface area contributed by atoms with Gasteiger partial charge in [-0.15, -0.1) is 0 Å². The van der Waals surface area contributed by atoms with Crippen LogP contribution in [0.5, 0.6) is 0 Å². The molecule has 1 atom stereocenters. The molecule has 0 fully saturated rings. The first-order valence-electron chi connectivity index (χ1n) is 8.91. The van der Waals surface area contributed by atoms with E-state index in [1.165, 1.54) is 24.8 Å². The zero-order chi connectivity index (χ0) is 23.3. The number of pyridine rings is 1. The second kappa shape index (κ2) is 9.48. The Morgan fingerprint density at radius 3 is 2.53 bits per heavy atom. The van der Waals surface area contributed by atoms with Crippen LogP contribution < -0.4 is 10.6 Å². The van der Waals surface area contributed by atoms with E-state index in [9.17, 15) is 22.8 Å². The Balaban J connectivity index is 1.71. The van der Waals surface area contributed by atoms with Gasteiger partial charge in [0.05, 0.1) is 30.2 Å². The third kappa shape index (κ3) is 5.61. The molecule has 0 aromatic carbocycles. The number of carbonyl (C=O) groups is 2. The van der Waals surface area contributed by atoms with E-state index >= 15 is 0 Å². The van der Waals surface area contributed by atoms with Crippen molar-refractivity contribution in [3.63, 3.8) is 0 Å². The molecule has 0 bridgehead atoms. The lowest BCUT2D eigenvalue weighted by Gasteiger charge is -2.12. The largest absolute Gasteiger partial charge is 0.427 e. The number of anilines is 2. The van der Waals surface area contributed by atoms with Crippen molar-refractivity contribution in [1.29, 1.82) is 0 Å². The number of nitrogens with zero attached hydrogens (tertiary/aromatic N) is 5. The van der Waals surface area contributed by atoms with Crippen molar-refractivity contribution in [3.8, 4) is 11.3 Å². The summed E-state index contributed by atoms with van der Waals surface area (Å²) in [5.74, 6) is -1.61. The second-order valence-electron chi connectivity index (χ2n) is 6.40. The Kier molecular flexibility index (Phi) is 6.74. The Labute approximate surface area is 183 Å². The summed E-state index contributed by atoms with van der Waals surface area (Å²) in [5.41, 5.74) is 1.47. The number of thiazole rings is 1. The molecule has 9 nitrogen and oxygen atoms in total. The highest BCUT2D eigenvalue weighted by molar-refractivity contribution is 7.15. The molecule has 32 heavy (non-hydrogen) atoms. The highest BCUT2D eigenvalue weighted by Crippen LogP contribution is 2.35. The lowest BCUT2D eigenvalue weighted by molar-refractivity contribution is -0.134. The molecule has 0 saturated carbocycles. The molecule has 2 N–H and O–H groups in total. The Bertz CT molecular complexity index is 1170. The van der Waals surface area contributed by atoms with Crippen LogP contribution in [0.15, 0.2) is 37.1 Å². The van der Waals surface area contributed by atoms with Crippen LogP contribution in [0.3, 0.4) is 0 Å². The maximum absolute atomic E-state index is 12.7. The average Bonchev–Trinajstić information content (AvgIpc) is 3.23. The van der Waals surface area contributed by atoms with E-state index in [0.29, 0.717) is 34.4 Å². The number of alkyl halides is 3. The fourth-order valence-electron chi connectivity index (χ4n) is 2.46. The lowest BCUT2D eigenvalue weighted by atomic mass is 10.0. The van der Waals surface area contributed by atoms with Crippen molar-refractivity contribution in [1.82, 2.24) is 19.9 Å². The van der Waals surface area contributed by atoms with E-state index in [2.05, 4.69) is 35.4 Å². The first kappa shape index (κ1) is 22.8.